The Labute approximate surface area is 210 Å². The van der Waals surface area contributed by atoms with Crippen molar-refractivity contribution in [2.24, 2.45) is 0 Å². The van der Waals surface area contributed by atoms with E-state index >= 15 is 0 Å². The minimum atomic E-state index is -1.04. The summed E-state index contributed by atoms with van der Waals surface area (Å²) >= 11 is 1.78. The number of rotatable bonds is 9. The van der Waals surface area contributed by atoms with Crippen LogP contribution in [0, 0.1) is 0 Å². The fourth-order valence-corrected chi connectivity index (χ4v) is 6.33. The fraction of sp³-hybridized carbons (Fsp3) is 0.444. The van der Waals surface area contributed by atoms with Gasteiger partial charge in [-0.15, -0.1) is 0 Å². The summed E-state index contributed by atoms with van der Waals surface area (Å²) in [5.74, 6) is 0.178. The predicted molar refractivity (Wildman–Crippen MR) is 137 cm³/mol. The van der Waals surface area contributed by atoms with E-state index in [0.717, 1.165) is 33.8 Å². The molecule has 1 fully saturated rings. The minimum absolute atomic E-state index is 0.0330. The molecule has 0 aromatic heterocycles. The topological polar surface area (TPSA) is 105 Å². The first kappa shape index (κ1) is 25.1. The van der Waals surface area contributed by atoms with Crippen LogP contribution in [0.3, 0.4) is 0 Å². The van der Waals surface area contributed by atoms with Crippen LogP contribution in [0.4, 0.5) is 4.79 Å². The molecule has 0 saturated carbocycles. The monoisotopic (exact) mass is 496 g/mol. The van der Waals surface area contributed by atoms with Crippen LogP contribution in [0.1, 0.15) is 56.1 Å². The number of carbonyl (C=O) groups is 3. The van der Waals surface area contributed by atoms with Crippen LogP contribution in [0.15, 0.2) is 48.5 Å². The quantitative estimate of drug-likeness (QED) is 0.470. The highest BCUT2D eigenvalue weighted by molar-refractivity contribution is 7.99. The molecule has 1 heterocycles. The molecule has 1 aliphatic heterocycles. The van der Waals surface area contributed by atoms with Crippen molar-refractivity contribution in [1.82, 2.24) is 10.6 Å². The zero-order chi connectivity index (χ0) is 24.8. The number of hydrogen-bond donors (Lipinski definition) is 3. The lowest BCUT2D eigenvalue weighted by atomic mass is 9.88. The van der Waals surface area contributed by atoms with E-state index in [9.17, 15) is 19.5 Å². The van der Waals surface area contributed by atoms with E-state index in [2.05, 4.69) is 34.9 Å². The molecular formula is C27H32N2O5S. The molecule has 3 N–H and O–H groups in total. The van der Waals surface area contributed by atoms with Gasteiger partial charge in [0.2, 0.25) is 5.91 Å². The van der Waals surface area contributed by atoms with Crippen LogP contribution in [0.2, 0.25) is 0 Å². The molecule has 186 valence electrons. The van der Waals surface area contributed by atoms with Gasteiger partial charge in [-0.05, 0) is 53.0 Å². The van der Waals surface area contributed by atoms with Gasteiger partial charge >= 0.3 is 12.1 Å². The molecule has 2 aromatic carbocycles. The maximum Gasteiger partial charge on any atom is 0.407 e. The second kappa shape index (κ2) is 11.2. The van der Waals surface area contributed by atoms with Crippen molar-refractivity contribution in [2.75, 3.05) is 18.1 Å². The van der Waals surface area contributed by atoms with Gasteiger partial charge in [-0.3, -0.25) is 4.79 Å². The van der Waals surface area contributed by atoms with Crippen molar-refractivity contribution >= 4 is 29.7 Å². The average Bonchev–Trinajstić information content (AvgIpc) is 3.16. The number of amides is 2. The molecule has 35 heavy (non-hydrogen) atoms. The Hall–Kier alpha value is -3.00. The standard InChI is InChI=1S/C27H32N2O5S/c1-2-7-23(25(31)32)28-24(30)16-27(12-14-35-15-13-27)29-26(33)34-17-22-20-10-5-3-8-18(20)19-9-4-6-11-21(19)22/h3-6,8-11,22-23H,2,7,12-17H2,1H3,(H,28,30)(H,29,33)(H,31,32). The maximum absolute atomic E-state index is 12.9. The number of alkyl carbamates (subject to hydrolysis) is 1. The SMILES string of the molecule is CCCC(NC(=O)CC1(NC(=O)OCC2c3ccccc3-c3ccccc32)CCSCC1)C(=O)O. The number of carboxylic acids is 1. The summed E-state index contributed by atoms with van der Waals surface area (Å²) < 4.78 is 5.72. The summed E-state index contributed by atoms with van der Waals surface area (Å²) in [7, 11) is 0. The molecule has 1 unspecified atom stereocenters. The first-order valence-electron chi connectivity index (χ1n) is 12.2. The molecule has 2 aliphatic rings. The van der Waals surface area contributed by atoms with E-state index in [1.807, 2.05) is 31.2 Å². The normalized spacial score (nSPS) is 17.1. The summed E-state index contributed by atoms with van der Waals surface area (Å²) in [6.45, 7) is 2.08. The number of hydrogen-bond acceptors (Lipinski definition) is 5. The second-order valence-corrected chi connectivity index (χ2v) is 10.5. The smallest absolute Gasteiger partial charge is 0.407 e. The van der Waals surface area contributed by atoms with Crippen LogP contribution in [-0.2, 0) is 14.3 Å². The Balaban J connectivity index is 1.41. The number of benzene rings is 2. The molecule has 0 spiro atoms. The number of aliphatic carboxylic acids is 1. The first-order valence-corrected chi connectivity index (χ1v) is 13.3. The van der Waals surface area contributed by atoms with E-state index in [1.165, 1.54) is 0 Å². The van der Waals surface area contributed by atoms with Crippen LogP contribution in [0.25, 0.3) is 11.1 Å². The zero-order valence-corrected chi connectivity index (χ0v) is 20.7. The van der Waals surface area contributed by atoms with Gasteiger partial charge in [-0.25, -0.2) is 9.59 Å². The number of carbonyl (C=O) groups excluding carboxylic acids is 2. The highest BCUT2D eigenvalue weighted by Crippen LogP contribution is 2.44. The van der Waals surface area contributed by atoms with E-state index in [-0.39, 0.29) is 24.9 Å². The third kappa shape index (κ3) is 5.81. The lowest BCUT2D eigenvalue weighted by Crippen LogP contribution is -2.54. The Bertz CT molecular complexity index is 1040. The molecule has 4 rings (SSSR count). The van der Waals surface area contributed by atoms with E-state index in [0.29, 0.717) is 25.7 Å². The van der Waals surface area contributed by atoms with Gasteiger partial charge in [0, 0.05) is 12.3 Å². The number of fused-ring (bicyclic) bond motifs is 3. The van der Waals surface area contributed by atoms with Crippen molar-refractivity contribution < 1.29 is 24.2 Å². The number of nitrogens with one attached hydrogen (secondary N) is 2. The van der Waals surface area contributed by atoms with E-state index < -0.39 is 23.6 Å². The highest BCUT2D eigenvalue weighted by Gasteiger charge is 2.38. The minimum Gasteiger partial charge on any atom is -0.480 e. The van der Waals surface area contributed by atoms with Crippen molar-refractivity contribution in [3.63, 3.8) is 0 Å². The van der Waals surface area contributed by atoms with E-state index in [1.54, 1.807) is 11.8 Å². The second-order valence-electron chi connectivity index (χ2n) is 9.27. The summed E-state index contributed by atoms with van der Waals surface area (Å²) in [5, 5.41) is 15.0. The fourth-order valence-electron chi connectivity index (χ4n) is 5.06. The van der Waals surface area contributed by atoms with Crippen LogP contribution < -0.4 is 10.6 Å². The lowest BCUT2D eigenvalue weighted by Gasteiger charge is -2.37. The van der Waals surface area contributed by atoms with Crippen LogP contribution >= 0.6 is 11.8 Å². The van der Waals surface area contributed by atoms with Gasteiger partial charge in [-0.1, -0.05) is 61.9 Å². The van der Waals surface area contributed by atoms with Crippen molar-refractivity contribution in [3.8, 4) is 11.1 Å². The molecule has 2 aromatic rings. The van der Waals surface area contributed by atoms with Gasteiger partial charge in [0.15, 0.2) is 0 Å². The first-order chi connectivity index (χ1) is 16.9. The van der Waals surface area contributed by atoms with Crippen molar-refractivity contribution in [3.05, 3.63) is 59.7 Å². The van der Waals surface area contributed by atoms with Crippen LogP contribution in [-0.4, -0.2) is 52.8 Å². The molecule has 1 aliphatic carbocycles. The third-order valence-corrected chi connectivity index (χ3v) is 7.86. The van der Waals surface area contributed by atoms with Gasteiger partial charge in [0.25, 0.3) is 0 Å². The lowest BCUT2D eigenvalue weighted by molar-refractivity contribution is -0.142. The predicted octanol–water partition coefficient (Wildman–Crippen LogP) is 4.55. The summed E-state index contributed by atoms with van der Waals surface area (Å²) in [6, 6.07) is 15.4. The number of ether oxygens (including phenoxy) is 1. The highest BCUT2D eigenvalue weighted by atomic mass is 32.2. The molecule has 8 heteroatoms. The maximum atomic E-state index is 12.9. The van der Waals surface area contributed by atoms with Crippen LogP contribution in [0.5, 0.6) is 0 Å². The van der Waals surface area contributed by atoms with E-state index in [4.69, 9.17) is 4.74 Å². The van der Waals surface area contributed by atoms with Crippen molar-refractivity contribution in [1.29, 1.82) is 0 Å². The largest absolute Gasteiger partial charge is 0.480 e. The summed E-state index contributed by atoms with van der Waals surface area (Å²) in [5.41, 5.74) is 3.86. The Morgan fingerprint density at radius 1 is 1.06 bits per heavy atom. The molecule has 7 nitrogen and oxygen atoms in total. The molecular weight excluding hydrogens is 464 g/mol. The summed E-state index contributed by atoms with van der Waals surface area (Å²) in [4.78, 5) is 37.2. The van der Waals surface area contributed by atoms with Gasteiger partial charge < -0.3 is 20.5 Å². The molecule has 1 saturated heterocycles. The molecule has 2 amide bonds. The van der Waals surface area contributed by atoms with Gasteiger partial charge in [0.1, 0.15) is 12.6 Å². The molecule has 0 bridgehead atoms. The molecule has 1 atom stereocenters. The zero-order valence-electron chi connectivity index (χ0n) is 19.9. The summed E-state index contributed by atoms with van der Waals surface area (Å²) in [6.07, 6.45) is 1.75. The van der Waals surface area contributed by atoms with Gasteiger partial charge in [0.05, 0.1) is 5.54 Å². The Morgan fingerprint density at radius 2 is 1.66 bits per heavy atom. The molecule has 0 radical (unpaired) electrons. The van der Waals surface area contributed by atoms with Crippen molar-refractivity contribution in [2.45, 2.75) is 56.5 Å². The average molecular weight is 497 g/mol. The third-order valence-electron chi connectivity index (χ3n) is 6.87. The number of carboxylic acid groups (broad SMARTS) is 1. The Morgan fingerprint density at radius 3 is 2.23 bits per heavy atom. The Kier molecular flexibility index (Phi) is 8.00. The van der Waals surface area contributed by atoms with Gasteiger partial charge in [-0.2, -0.15) is 11.8 Å². The number of thioether (sulfide) groups is 1.